The molecule has 1 amide bonds. The van der Waals surface area contributed by atoms with E-state index in [9.17, 15) is 14.9 Å². The Bertz CT molecular complexity index is 1090. The van der Waals surface area contributed by atoms with Gasteiger partial charge >= 0.3 is 12.1 Å². The first-order valence-corrected chi connectivity index (χ1v) is 10.3. The lowest BCUT2D eigenvalue weighted by atomic mass is 10.1. The number of hydrogen-bond acceptors (Lipinski definition) is 8. The molecule has 2 heterocycles. The number of benzene rings is 1. The van der Waals surface area contributed by atoms with Crippen LogP contribution in [0.3, 0.4) is 0 Å². The van der Waals surface area contributed by atoms with E-state index in [2.05, 4.69) is 21.4 Å². The summed E-state index contributed by atoms with van der Waals surface area (Å²) in [5.41, 5.74) is 0.715. The molecule has 1 aliphatic heterocycles. The van der Waals surface area contributed by atoms with Gasteiger partial charge in [-0.3, -0.25) is 0 Å². The summed E-state index contributed by atoms with van der Waals surface area (Å²) in [4.78, 5) is 30.9. The van der Waals surface area contributed by atoms with Crippen molar-refractivity contribution < 1.29 is 19.1 Å². The van der Waals surface area contributed by atoms with Crippen LogP contribution in [0.25, 0.3) is 11.0 Å². The smallest absolute Gasteiger partial charge is 0.410 e. The lowest BCUT2D eigenvalue weighted by Gasteiger charge is -2.29. The van der Waals surface area contributed by atoms with Crippen LogP contribution in [0.4, 0.5) is 10.7 Å². The van der Waals surface area contributed by atoms with Gasteiger partial charge < -0.3 is 24.8 Å². The van der Waals surface area contributed by atoms with Gasteiger partial charge in [0.15, 0.2) is 0 Å². The molecular formula is C21H27N7O4. The lowest BCUT2D eigenvalue weighted by molar-refractivity contribution is 0.0238. The highest BCUT2D eigenvalue weighted by Gasteiger charge is 2.30. The number of hydrogen-bond donors (Lipinski definition) is 1. The Morgan fingerprint density at radius 1 is 1.31 bits per heavy atom. The van der Waals surface area contributed by atoms with Gasteiger partial charge in [0.05, 0.1) is 35.3 Å². The minimum absolute atomic E-state index is 0.192. The molecule has 2 N–H and O–H groups in total. The lowest BCUT2D eigenvalue weighted by Crippen LogP contribution is -2.39. The zero-order chi connectivity index (χ0) is 23.5. The molecule has 1 fully saturated rings. The molecule has 1 aromatic heterocycles. The third-order valence-electron chi connectivity index (χ3n) is 5.12. The molecule has 0 bridgehead atoms. The van der Waals surface area contributed by atoms with Crippen molar-refractivity contribution in [2.45, 2.75) is 51.7 Å². The molecule has 11 nitrogen and oxygen atoms in total. The molecule has 1 aliphatic rings. The van der Waals surface area contributed by atoms with Crippen LogP contribution in [-0.4, -0.2) is 52.3 Å². The van der Waals surface area contributed by atoms with Crippen molar-refractivity contribution >= 4 is 29.0 Å². The highest BCUT2D eigenvalue weighted by Crippen LogP contribution is 2.34. The summed E-state index contributed by atoms with van der Waals surface area (Å²) in [7, 11) is 1.27. The highest BCUT2D eigenvalue weighted by molar-refractivity contribution is 5.96. The van der Waals surface area contributed by atoms with Gasteiger partial charge in [-0.2, -0.15) is 5.26 Å². The van der Waals surface area contributed by atoms with Crippen molar-refractivity contribution in [3.05, 3.63) is 23.3 Å². The molecule has 1 aromatic carbocycles. The first-order chi connectivity index (χ1) is 15.2. The maximum atomic E-state index is 12.7. The average Bonchev–Trinajstić information content (AvgIpc) is 2.92. The van der Waals surface area contributed by atoms with Gasteiger partial charge in [0.25, 0.3) is 5.95 Å². The first-order valence-electron chi connectivity index (χ1n) is 10.3. The van der Waals surface area contributed by atoms with Crippen LogP contribution in [0.2, 0.25) is 0 Å². The monoisotopic (exact) mass is 441 g/mol. The Balaban J connectivity index is 2.11. The fourth-order valence-corrected chi connectivity index (χ4v) is 3.83. The third kappa shape index (κ3) is 4.80. The molecule has 1 unspecified atom stereocenters. The van der Waals surface area contributed by atoms with Crippen molar-refractivity contribution in [2.24, 2.45) is 16.2 Å². The first kappa shape index (κ1) is 23.0. The van der Waals surface area contributed by atoms with Crippen molar-refractivity contribution in [3.63, 3.8) is 0 Å². The molecule has 170 valence electrons. The molecule has 0 radical (unpaired) electrons. The molecule has 1 saturated heterocycles. The minimum Gasteiger partial charge on any atom is -0.465 e. The number of likely N-dealkylation sites (tertiary alicyclic amines) is 1. The van der Waals surface area contributed by atoms with Crippen LogP contribution >= 0.6 is 0 Å². The Labute approximate surface area is 185 Å². The quantitative estimate of drug-likeness (QED) is 0.331. The van der Waals surface area contributed by atoms with Crippen molar-refractivity contribution in [1.82, 2.24) is 14.5 Å². The maximum absolute atomic E-state index is 12.7. The van der Waals surface area contributed by atoms with E-state index >= 15 is 0 Å². The van der Waals surface area contributed by atoms with Crippen molar-refractivity contribution in [3.8, 4) is 6.07 Å². The van der Waals surface area contributed by atoms with Crippen LogP contribution in [0.15, 0.2) is 22.5 Å². The fourth-order valence-electron chi connectivity index (χ4n) is 3.83. The van der Waals surface area contributed by atoms with Gasteiger partial charge in [-0.1, -0.05) is 10.3 Å². The highest BCUT2D eigenvalue weighted by atomic mass is 16.6. The van der Waals surface area contributed by atoms with Crippen molar-refractivity contribution in [2.75, 3.05) is 20.2 Å². The molecule has 0 spiro atoms. The van der Waals surface area contributed by atoms with E-state index < -0.39 is 17.7 Å². The third-order valence-corrected chi connectivity index (χ3v) is 5.12. The maximum Gasteiger partial charge on any atom is 0.410 e. The number of amides is 1. The second-order valence-corrected chi connectivity index (χ2v) is 8.57. The molecule has 11 heteroatoms. The summed E-state index contributed by atoms with van der Waals surface area (Å²) in [5.74, 6) is 4.92. The Morgan fingerprint density at radius 2 is 2.06 bits per heavy atom. The van der Waals surface area contributed by atoms with Crippen molar-refractivity contribution in [1.29, 1.82) is 5.26 Å². The summed E-state index contributed by atoms with van der Waals surface area (Å²) >= 11 is 0. The molecule has 32 heavy (non-hydrogen) atoms. The van der Waals surface area contributed by atoms with E-state index in [1.165, 1.54) is 19.2 Å². The summed E-state index contributed by atoms with van der Waals surface area (Å²) in [6.07, 6.45) is 1.99. The molecule has 0 aliphatic carbocycles. The second kappa shape index (κ2) is 9.21. The number of rotatable bonds is 3. The number of ether oxygens (including phenoxy) is 2. The Hall–Kier alpha value is -3.68. The Morgan fingerprint density at radius 3 is 2.69 bits per heavy atom. The number of aromatic nitrogens is 2. The predicted molar refractivity (Wildman–Crippen MR) is 115 cm³/mol. The standard InChI is InChI=1S/C21H27N7O4/c1-21(2,3)32-20(30)27-8-6-5-7-15(12-27)28-17-14(11-22)9-13(18(29)31-4)10-16(17)24-19(28)25-26-23/h9-10,15H,5-8,12H2,1-4H3,(H2,23,24,25). The van der Waals surface area contributed by atoms with E-state index in [1.54, 1.807) is 9.47 Å². The number of fused-ring (bicyclic) bond motifs is 1. The zero-order valence-corrected chi connectivity index (χ0v) is 18.7. The van der Waals surface area contributed by atoms with E-state index in [0.717, 1.165) is 19.3 Å². The molecule has 0 saturated carbocycles. The van der Waals surface area contributed by atoms with Crippen LogP contribution < -0.4 is 5.84 Å². The van der Waals surface area contributed by atoms with E-state index in [1.807, 2.05) is 20.8 Å². The van der Waals surface area contributed by atoms with Gasteiger partial charge in [-0.25, -0.2) is 14.6 Å². The number of carbonyl (C=O) groups is 2. The number of carbonyl (C=O) groups excluding carboxylic acids is 2. The molecule has 1 atom stereocenters. The molecule has 2 aromatic rings. The molecular weight excluding hydrogens is 414 g/mol. The van der Waals surface area contributed by atoms with Crippen LogP contribution in [0.5, 0.6) is 0 Å². The minimum atomic E-state index is -0.613. The summed E-state index contributed by atoms with van der Waals surface area (Å²) in [6, 6.07) is 4.88. The van der Waals surface area contributed by atoms with Gasteiger partial charge in [-0.15, -0.1) is 0 Å². The topological polar surface area (TPSA) is 148 Å². The molecule has 3 rings (SSSR count). The van der Waals surface area contributed by atoms with Crippen LogP contribution in [0.1, 0.15) is 62.0 Å². The summed E-state index contributed by atoms with van der Waals surface area (Å²) in [6.45, 7) is 6.37. The number of methoxy groups -OCH3 is 1. The Kier molecular flexibility index (Phi) is 6.62. The average molecular weight is 441 g/mol. The normalized spacial score (nSPS) is 17.2. The van der Waals surface area contributed by atoms with Crippen LogP contribution in [-0.2, 0) is 9.47 Å². The van der Waals surface area contributed by atoms with Gasteiger partial charge in [-0.05, 0) is 52.2 Å². The van der Waals surface area contributed by atoms with Gasteiger partial charge in [0.2, 0.25) is 0 Å². The predicted octanol–water partition coefficient (Wildman–Crippen LogP) is 3.61. The second-order valence-electron chi connectivity index (χ2n) is 8.57. The number of nitrogens with two attached hydrogens (primary N) is 1. The largest absolute Gasteiger partial charge is 0.465 e. The number of imidazole rings is 1. The number of esters is 1. The fraction of sp³-hybridized carbons (Fsp3) is 0.524. The summed E-state index contributed by atoms with van der Waals surface area (Å²) < 4.78 is 12.1. The number of nitriles is 1. The van der Waals surface area contributed by atoms with E-state index in [-0.39, 0.29) is 23.1 Å². The number of nitrogens with zero attached hydrogens (tertiary/aromatic N) is 6. The zero-order valence-electron chi connectivity index (χ0n) is 18.7. The van der Waals surface area contributed by atoms with Gasteiger partial charge in [0.1, 0.15) is 11.7 Å². The SMILES string of the molecule is COC(=O)c1cc(C#N)c2c(c1)nc(N=NN)n2C1CCCCN(C(=O)OC(C)(C)C)C1. The van der Waals surface area contributed by atoms with Gasteiger partial charge in [0, 0.05) is 13.1 Å². The van der Waals surface area contributed by atoms with E-state index in [4.69, 9.17) is 15.3 Å². The van der Waals surface area contributed by atoms with E-state index in [0.29, 0.717) is 24.1 Å². The summed E-state index contributed by atoms with van der Waals surface area (Å²) in [5, 5.41) is 17.1. The van der Waals surface area contributed by atoms with Crippen LogP contribution in [0, 0.1) is 11.3 Å².